The Labute approximate surface area is 208 Å². The van der Waals surface area contributed by atoms with Crippen LogP contribution in [0.5, 0.6) is 0 Å². The van der Waals surface area contributed by atoms with Crippen LogP contribution in [0.25, 0.3) is 0 Å². The molecule has 0 aromatic heterocycles. The van der Waals surface area contributed by atoms with Gasteiger partial charge in [-0.25, -0.2) is 4.79 Å². The summed E-state index contributed by atoms with van der Waals surface area (Å²) in [5.74, 6) is 0. The highest BCUT2D eigenvalue weighted by molar-refractivity contribution is 5.69. The van der Waals surface area contributed by atoms with Gasteiger partial charge in [0.2, 0.25) is 0 Å². The maximum Gasteiger partial charge on any atom is 0.410 e. The molecule has 1 saturated heterocycles. The number of rotatable bonds is 10. The van der Waals surface area contributed by atoms with Crippen molar-refractivity contribution in [2.24, 2.45) is 0 Å². The lowest BCUT2D eigenvalue weighted by atomic mass is 9.93. The van der Waals surface area contributed by atoms with Crippen LogP contribution in [-0.2, 0) is 36.9 Å². The molecule has 35 heavy (non-hydrogen) atoms. The molecule has 0 spiro atoms. The molecule has 4 atom stereocenters. The molecular formula is C28H37NO6. The number of hydrogen-bond donors (Lipinski definition) is 0. The molecule has 2 aromatic rings. The fourth-order valence-electron chi connectivity index (χ4n) is 4.01. The maximum absolute atomic E-state index is 13.2. The molecule has 0 unspecified atom stereocenters. The van der Waals surface area contributed by atoms with Crippen LogP contribution in [0.15, 0.2) is 73.3 Å². The third-order valence-electron chi connectivity index (χ3n) is 5.60. The summed E-state index contributed by atoms with van der Waals surface area (Å²) >= 11 is 0. The number of benzene rings is 2. The molecule has 7 heteroatoms. The Balaban J connectivity index is 1.89. The first-order chi connectivity index (χ1) is 16.8. The van der Waals surface area contributed by atoms with Crippen molar-refractivity contribution in [1.82, 2.24) is 4.90 Å². The Bertz CT molecular complexity index is 914. The van der Waals surface area contributed by atoms with Gasteiger partial charge in [0.25, 0.3) is 0 Å². The predicted octanol–water partition coefficient (Wildman–Crippen LogP) is 4.95. The standard InChI is InChI=1S/C28H37NO6/c1-6-23-25(32-18-21-13-9-7-10-14-21)26(33-19-22-15-11-8-12-16-22)24(34-20-31-5)17-29(23)27(30)35-28(2,3)4/h6-16,23-26H,1,17-20H2,2-5H3/t23-,24+,25-,26-/m1/s1. The van der Waals surface area contributed by atoms with E-state index in [4.69, 9.17) is 23.7 Å². The number of carbonyl (C=O) groups excluding carboxylic acids is 1. The lowest BCUT2D eigenvalue weighted by Gasteiger charge is -2.47. The number of nitrogens with zero attached hydrogens (tertiary/aromatic N) is 1. The van der Waals surface area contributed by atoms with E-state index in [9.17, 15) is 4.79 Å². The normalized spacial score (nSPS) is 22.6. The second-order valence-electron chi connectivity index (χ2n) is 9.49. The summed E-state index contributed by atoms with van der Waals surface area (Å²) in [6, 6.07) is 19.3. The van der Waals surface area contributed by atoms with Crippen molar-refractivity contribution < 1.29 is 28.5 Å². The summed E-state index contributed by atoms with van der Waals surface area (Å²) in [7, 11) is 1.56. The first kappa shape index (κ1) is 26.9. The van der Waals surface area contributed by atoms with Crippen molar-refractivity contribution in [2.45, 2.75) is 63.9 Å². The lowest BCUT2D eigenvalue weighted by molar-refractivity contribution is -0.208. The van der Waals surface area contributed by atoms with E-state index in [1.165, 1.54) is 0 Å². The molecule has 1 fully saturated rings. The molecular weight excluding hydrogens is 446 g/mol. The summed E-state index contributed by atoms with van der Waals surface area (Å²) < 4.78 is 29.7. The third-order valence-corrected chi connectivity index (χ3v) is 5.60. The highest BCUT2D eigenvalue weighted by Crippen LogP contribution is 2.30. The fourth-order valence-corrected chi connectivity index (χ4v) is 4.01. The highest BCUT2D eigenvalue weighted by Gasteiger charge is 2.47. The molecule has 190 valence electrons. The maximum atomic E-state index is 13.2. The molecule has 7 nitrogen and oxygen atoms in total. The van der Waals surface area contributed by atoms with E-state index in [2.05, 4.69) is 6.58 Å². The molecule has 1 heterocycles. The molecule has 1 amide bonds. The number of carbonyl (C=O) groups is 1. The molecule has 0 radical (unpaired) electrons. The average Bonchev–Trinajstić information content (AvgIpc) is 2.84. The quantitative estimate of drug-likeness (QED) is 0.352. The van der Waals surface area contributed by atoms with Gasteiger partial charge in [-0.3, -0.25) is 4.90 Å². The summed E-state index contributed by atoms with van der Waals surface area (Å²) in [6.07, 6.45) is -0.257. The lowest BCUT2D eigenvalue weighted by Crippen LogP contribution is -2.64. The number of amides is 1. The van der Waals surface area contributed by atoms with Gasteiger partial charge in [0.15, 0.2) is 0 Å². The van der Waals surface area contributed by atoms with Crippen molar-refractivity contribution in [1.29, 1.82) is 0 Å². The van der Waals surface area contributed by atoms with E-state index in [-0.39, 0.29) is 13.3 Å². The SMILES string of the molecule is C=C[C@@H]1[C@@H](OCc2ccccc2)[C@H](OCc2ccccc2)[C@@H](OCOC)CN1C(=O)OC(C)(C)C. The Hall–Kier alpha value is -2.71. The zero-order chi connectivity index (χ0) is 25.3. The van der Waals surface area contributed by atoms with Gasteiger partial charge < -0.3 is 23.7 Å². The number of methoxy groups -OCH3 is 1. The van der Waals surface area contributed by atoms with Gasteiger partial charge in [-0.15, -0.1) is 6.58 Å². The van der Waals surface area contributed by atoms with Gasteiger partial charge in [0, 0.05) is 7.11 Å². The van der Waals surface area contributed by atoms with Crippen LogP contribution >= 0.6 is 0 Å². The molecule has 1 aliphatic heterocycles. The minimum Gasteiger partial charge on any atom is -0.444 e. The second kappa shape index (κ2) is 12.8. The molecule has 0 aliphatic carbocycles. The molecule has 0 N–H and O–H groups in total. The summed E-state index contributed by atoms with van der Waals surface area (Å²) in [4.78, 5) is 14.8. The smallest absolute Gasteiger partial charge is 0.410 e. The van der Waals surface area contributed by atoms with E-state index in [0.717, 1.165) is 11.1 Å². The van der Waals surface area contributed by atoms with Crippen LogP contribution in [0, 0.1) is 0 Å². The van der Waals surface area contributed by atoms with E-state index >= 15 is 0 Å². The zero-order valence-electron chi connectivity index (χ0n) is 21.1. The van der Waals surface area contributed by atoms with Crippen LogP contribution in [0.1, 0.15) is 31.9 Å². The largest absolute Gasteiger partial charge is 0.444 e. The van der Waals surface area contributed by atoms with Crippen molar-refractivity contribution in [3.8, 4) is 0 Å². The molecule has 0 saturated carbocycles. The van der Waals surface area contributed by atoms with Crippen LogP contribution in [0.4, 0.5) is 4.79 Å². The molecule has 0 bridgehead atoms. The Morgan fingerprint density at radius 2 is 1.49 bits per heavy atom. The third kappa shape index (κ3) is 7.90. The molecule has 1 aliphatic rings. The van der Waals surface area contributed by atoms with Gasteiger partial charge in [-0.05, 0) is 31.9 Å². The van der Waals surface area contributed by atoms with E-state index in [0.29, 0.717) is 13.2 Å². The Kier molecular flexibility index (Phi) is 9.86. The van der Waals surface area contributed by atoms with Crippen molar-refractivity contribution in [3.05, 3.63) is 84.4 Å². The van der Waals surface area contributed by atoms with Crippen LogP contribution in [-0.4, -0.2) is 61.4 Å². The molecule has 3 rings (SSSR count). The predicted molar refractivity (Wildman–Crippen MR) is 134 cm³/mol. The van der Waals surface area contributed by atoms with Gasteiger partial charge in [-0.2, -0.15) is 0 Å². The minimum absolute atomic E-state index is 0.0577. The van der Waals surface area contributed by atoms with Gasteiger partial charge in [0.1, 0.15) is 30.7 Å². The van der Waals surface area contributed by atoms with E-state index in [1.54, 1.807) is 18.1 Å². The number of ether oxygens (including phenoxy) is 5. The van der Waals surface area contributed by atoms with Crippen molar-refractivity contribution in [2.75, 3.05) is 20.4 Å². The second-order valence-corrected chi connectivity index (χ2v) is 9.49. The van der Waals surface area contributed by atoms with Crippen molar-refractivity contribution >= 4 is 6.09 Å². The first-order valence-corrected chi connectivity index (χ1v) is 11.9. The fraction of sp³-hybridized carbons (Fsp3) is 0.464. The van der Waals surface area contributed by atoms with Gasteiger partial charge in [0.05, 0.1) is 25.8 Å². The number of likely N-dealkylation sites (tertiary alicyclic amines) is 1. The van der Waals surface area contributed by atoms with E-state index < -0.39 is 36.0 Å². The average molecular weight is 484 g/mol. The van der Waals surface area contributed by atoms with Crippen molar-refractivity contribution in [3.63, 3.8) is 0 Å². The first-order valence-electron chi connectivity index (χ1n) is 11.9. The minimum atomic E-state index is -0.646. The number of hydrogen-bond acceptors (Lipinski definition) is 6. The van der Waals surface area contributed by atoms with Crippen LogP contribution in [0.3, 0.4) is 0 Å². The Morgan fingerprint density at radius 1 is 0.943 bits per heavy atom. The summed E-state index contributed by atoms with van der Waals surface area (Å²) in [5, 5.41) is 0. The van der Waals surface area contributed by atoms with Gasteiger partial charge >= 0.3 is 6.09 Å². The highest BCUT2D eigenvalue weighted by atomic mass is 16.7. The van der Waals surface area contributed by atoms with Crippen LogP contribution in [0.2, 0.25) is 0 Å². The zero-order valence-corrected chi connectivity index (χ0v) is 21.1. The van der Waals surface area contributed by atoms with E-state index in [1.807, 2.05) is 81.4 Å². The summed E-state index contributed by atoms with van der Waals surface area (Å²) in [5.41, 5.74) is 1.40. The summed E-state index contributed by atoms with van der Waals surface area (Å²) in [6.45, 7) is 10.6. The van der Waals surface area contributed by atoms with Crippen LogP contribution < -0.4 is 0 Å². The molecule has 2 aromatic carbocycles. The monoisotopic (exact) mass is 483 g/mol. The Morgan fingerprint density at radius 3 is 1.97 bits per heavy atom. The number of piperidine rings is 1. The topological polar surface area (TPSA) is 66.5 Å². The van der Waals surface area contributed by atoms with Gasteiger partial charge in [-0.1, -0.05) is 66.7 Å².